The highest BCUT2D eigenvalue weighted by molar-refractivity contribution is 5.85. The van der Waals surface area contributed by atoms with Gasteiger partial charge in [0.05, 0.1) is 11.6 Å². The van der Waals surface area contributed by atoms with E-state index < -0.39 is 0 Å². The predicted octanol–water partition coefficient (Wildman–Crippen LogP) is 3.97. The maximum Gasteiger partial charge on any atom is 0.157 e. The van der Waals surface area contributed by atoms with Gasteiger partial charge in [-0.3, -0.25) is 4.40 Å². The van der Waals surface area contributed by atoms with Crippen molar-refractivity contribution >= 4 is 22.4 Å². The number of imidazole rings is 1. The Kier molecular flexibility index (Phi) is 2.85. The van der Waals surface area contributed by atoms with E-state index in [9.17, 15) is 0 Å². The molecule has 5 heteroatoms. The van der Waals surface area contributed by atoms with Gasteiger partial charge in [0.2, 0.25) is 0 Å². The molecule has 0 aliphatic heterocycles. The minimum atomic E-state index is 0.580. The number of furan rings is 1. The minimum absolute atomic E-state index is 0.580. The first-order valence-corrected chi connectivity index (χ1v) is 7.30. The minimum Gasteiger partial charge on any atom is -0.454 e. The Bertz CT molecular complexity index is 1080. The molecule has 0 aliphatic rings. The van der Waals surface area contributed by atoms with Crippen LogP contribution in [-0.2, 0) is 0 Å². The Hall–Kier alpha value is -3.26. The summed E-state index contributed by atoms with van der Waals surface area (Å²) in [5.74, 6) is 1.54. The topological polar surface area (TPSA) is 66.3 Å². The third-order valence-electron chi connectivity index (χ3n) is 3.90. The van der Waals surface area contributed by atoms with Crippen molar-refractivity contribution in [3.63, 3.8) is 0 Å². The highest BCUT2D eigenvalue weighted by atomic mass is 16.3. The molecule has 0 spiro atoms. The van der Waals surface area contributed by atoms with Crippen LogP contribution in [0.1, 0.15) is 11.1 Å². The summed E-state index contributed by atoms with van der Waals surface area (Å²) in [4.78, 5) is 4.64. The second-order valence-electron chi connectivity index (χ2n) is 5.47. The quantitative estimate of drug-likeness (QED) is 0.608. The molecule has 0 aliphatic carbocycles. The second-order valence-corrected chi connectivity index (χ2v) is 5.47. The first-order valence-electron chi connectivity index (χ1n) is 7.30. The number of fused-ring (bicyclic) bond motifs is 2. The van der Waals surface area contributed by atoms with E-state index in [1.165, 1.54) is 5.56 Å². The van der Waals surface area contributed by atoms with Gasteiger partial charge in [-0.05, 0) is 37.3 Å². The number of nitriles is 1. The Morgan fingerprint density at radius 3 is 2.87 bits per heavy atom. The fraction of sp³-hybridized carbons (Fsp3) is 0.111. The van der Waals surface area contributed by atoms with Crippen molar-refractivity contribution in [2.45, 2.75) is 6.92 Å². The molecule has 0 saturated carbocycles. The Morgan fingerprint density at radius 2 is 2.09 bits per heavy atom. The maximum atomic E-state index is 9.05. The molecule has 0 saturated heterocycles. The van der Waals surface area contributed by atoms with E-state index in [0.717, 1.165) is 22.5 Å². The van der Waals surface area contributed by atoms with Crippen molar-refractivity contribution in [1.29, 1.82) is 5.26 Å². The van der Waals surface area contributed by atoms with Crippen LogP contribution in [0.5, 0.6) is 0 Å². The van der Waals surface area contributed by atoms with Gasteiger partial charge in [-0.2, -0.15) is 5.26 Å². The SMILES string of the molecule is CNc1c(-c2cc3cc(C)ccc3o2)nc2cc(C#N)ccn12. The van der Waals surface area contributed by atoms with Crippen LogP contribution in [-0.4, -0.2) is 16.4 Å². The first kappa shape index (κ1) is 13.4. The first-order chi connectivity index (χ1) is 11.2. The number of aromatic nitrogens is 2. The third kappa shape index (κ3) is 2.04. The molecule has 0 amide bonds. The van der Waals surface area contributed by atoms with Crippen LogP contribution in [0.4, 0.5) is 5.82 Å². The fourth-order valence-electron chi connectivity index (χ4n) is 2.80. The number of pyridine rings is 1. The van der Waals surface area contributed by atoms with E-state index in [4.69, 9.17) is 9.68 Å². The number of aryl methyl sites for hydroxylation is 1. The number of anilines is 1. The zero-order chi connectivity index (χ0) is 16.0. The molecule has 0 unspecified atom stereocenters. The summed E-state index contributed by atoms with van der Waals surface area (Å²) in [6.07, 6.45) is 1.84. The van der Waals surface area contributed by atoms with Crippen molar-refractivity contribution in [3.8, 4) is 17.5 Å². The molecule has 0 fully saturated rings. The lowest BCUT2D eigenvalue weighted by Crippen LogP contribution is -1.95. The Morgan fingerprint density at radius 1 is 1.22 bits per heavy atom. The standard InChI is InChI=1S/C18H14N4O/c1-11-3-4-14-13(7-11)9-15(23-14)17-18(20-2)22-6-5-12(10-19)8-16(22)21-17/h3-9,20H,1-2H3. The van der Waals surface area contributed by atoms with E-state index in [1.54, 1.807) is 12.1 Å². The zero-order valence-electron chi connectivity index (χ0n) is 12.8. The summed E-state index contributed by atoms with van der Waals surface area (Å²) >= 11 is 0. The van der Waals surface area contributed by atoms with E-state index in [-0.39, 0.29) is 0 Å². The van der Waals surface area contributed by atoms with Crippen LogP contribution in [0.3, 0.4) is 0 Å². The zero-order valence-corrected chi connectivity index (χ0v) is 12.8. The lowest BCUT2D eigenvalue weighted by atomic mass is 10.2. The van der Waals surface area contributed by atoms with Crippen LogP contribution in [0.25, 0.3) is 28.1 Å². The van der Waals surface area contributed by atoms with Crippen LogP contribution in [0.2, 0.25) is 0 Å². The largest absolute Gasteiger partial charge is 0.454 e. The average Bonchev–Trinajstić information content (AvgIpc) is 3.13. The molecule has 3 aromatic heterocycles. The fourth-order valence-corrected chi connectivity index (χ4v) is 2.80. The summed E-state index contributed by atoms with van der Waals surface area (Å²) in [6.45, 7) is 2.06. The number of rotatable bonds is 2. The molecular weight excluding hydrogens is 288 g/mol. The van der Waals surface area contributed by atoms with E-state index in [0.29, 0.717) is 17.0 Å². The molecule has 4 rings (SSSR count). The third-order valence-corrected chi connectivity index (χ3v) is 3.90. The van der Waals surface area contributed by atoms with Crippen LogP contribution < -0.4 is 5.32 Å². The second kappa shape index (κ2) is 4.89. The van der Waals surface area contributed by atoms with Gasteiger partial charge in [0.15, 0.2) is 5.76 Å². The van der Waals surface area contributed by atoms with Crippen LogP contribution in [0, 0.1) is 18.3 Å². The molecule has 0 atom stereocenters. The van der Waals surface area contributed by atoms with Crippen LogP contribution in [0.15, 0.2) is 47.0 Å². The van der Waals surface area contributed by atoms with Gasteiger partial charge < -0.3 is 9.73 Å². The number of nitrogens with zero attached hydrogens (tertiary/aromatic N) is 3. The van der Waals surface area contributed by atoms with Gasteiger partial charge >= 0.3 is 0 Å². The Labute approximate surface area is 132 Å². The van der Waals surface area contributed by atoms with E-state index in [1.807, 2.05) is 35.8 Å². The number of hydrogen-bond donors (Lipinski definition) is 1. The lowest BCUT2D eigenvalue weighted by Gasteiger charge is -2.01. The summed E-state index contributed by atoms with van der Waals surface area (Å²) in [5.41, 5.74) is 4.04. The normalized spacial score (nSPS) is 11.0. The summed E-state index contributed by atoms with van der Waals surface area (Å²) in [6, 6.07) is 13.7. The maximum absolute atomic E-state index is 9.05. The van der Waals surface area contributed by atoms with Gasteiger partial charge in [-0.25, -0.2) is 4.98 Å². The van der Waals surface area contributed by atoms with Crippen molar-refractivity contribution in [2.24, 2.45) is 0 Å². The van der Waals surface area contributed by atoms with Crippen molar-refractivity contribution in [1.82, 2.24) is 9.38 Å². The number of hydrogen-bond acceptors (Lipinski definition) is 4. The van der Waals surface area contributed by atoms with Crippen molar-refractivity contribution < 1.29 is 4.42 Å². The summed E-state index contributed by atoms with van der Waals surface area (Å²) in [7, 11) is 1.85. The van der Waals surface area contributed by atoms with Crippen LogP contribution >= 0.6 is 0 Å². The van der Waals surface area contributed by atoms with Gasteiger partial charge in [0, 0.05) is 18.6 Å². The van der Waals surface area contributed by atoms with Gasteiger partial charge in [0.25, 0.3) is 0 Å². The van der Waals surface area contributed by atoms with Gasteiger partial charge in [-0.15, -0.1) is 0 Å². The predicted molar refractivity (Wildman–Crippen MR) is 89.4 cm³/mol. The molecule has 0 bridgehead atoms. The molecular formula is C18H14N4O. The van der Waals surface area contributed by atoms with Crippen molar-refractivity contribution in [2.75, 3.05) is 12.4 Å². The number of nitrogens with one attached hydrogen (secondary N) is 1. The summed E-state index contributed by atoms with van der Waals surface area (Å²) in [5, 5.41) is 13.3. The van der Waals surface area contributed by atoms with Crippen molar-refractivity contribution in [3.05, 3.63) is 53.7 Å². The highest BCUT2D eigenvalue weighted by Gasteiger charge is 2.17. The lowest BCUT2D eigenvalue weighted by molar-refractivity contribution is 0.629. The van der Waals surface area contributed by atoms with Gasteiger partial charge in [-0.1, -0.05) is 11.6 Å². The van der Waals surface area contributed by atoms with E-state index in [2.05, 4.69) is 29.4 Å². The molecule has 3 heterocycles. The van der Waals surface area contributed by atoms with Gasteiger partial charge in [0.1, 0.15) is 22.7 Å². The molecule has 1 aromatic carbocycles. The number of benzene rings is 1. The molecule has 1 N–H and O–H groups in total. The molecule has 5 nitrogen and oxygen atoms in total. The molecule has 0 radical (unpaired) electrons. The smallest absolute Gasteiger partial charge is 0.157 e. The molecule has 23 heavy (non-hydrogen) atoms. The molecule has 4 aromatic rings. The summed E-state index contributed by atoms with van der Waals surface area (Å²) < 4.78 is 7.87. The monoisotopic (exact) mass is 302 g/mol. The molecule has 112 valence electrons. The highest BCUT2D eigenvalue weighted by Crippen LogP contribution is 2.33. The average molecular weight is 302 g/mol. The Balaban J connectivity index is 1.97. The van der Waals surface area contributed by atoms with E-state index >= 15 is 0 Å².